The molecule has 0 bridgehead atoms. The molecule has 0 aliphatic heterocycles. The summed E-state index contributed by atoms with van der Waals surface area (Å²) < 4.78 is 37.1. The second-order valence-corrected chi connectivity index (χ2v) is 8.54. The standard InChI is InChI=1S/C18H20N2O7S/c1-18(2,3)19-28(24,25)14-8-5-12(6-9-14)17(21)27-16-10-7-13(26-4)11-15(16)20(22)23/h5-11,19H,1-4H3. The molecule has 0 spiro atoms. The lowest BCUT2D eigenvalue weighted by Crippen LogP contribution is -2.40. The molecule has 2 aromatic carbocycles. The van der Waals surface area contributed by atoms with Crippen LogP contribution in [0.3, 0.4) is 0 Å². The molecule has 0 aliphatic rings. The Labute approximate surface area is 162 Å². The Bertz CT molecular complexity index is 994. The molecule has 0 radical (unpaired) electrons. The molecule has 0 saturated heterocycles. The van der Waals surface area contributed by atoms with Gasteiger partial charge in [-0.05, 0) is 57.2 Å². The summed E-state index contributed by atoms with van der Waals surface area (Å²) in [6.45, 7) is 5.12. The average molecular weight is 408 g/mol. The van der Waals surface area contributed by atoms with Crippen molar-refractivity contribution < 1.29 is 27.6 Å². The van der Waals surface area contributed by atoms with E-state index in [4.69, 9.17) is 9.47 Å². The van der Waals surface area contributed by atoms with Crippen molar-refractivity contribution in [3.63, 3.8) is 0 Å². The Kier molecular flexibility index (Phi) is 6.05. The maximum atomic E-state index is 12.3. The van der Waals surface area contributed by atoms with Crippen LogP contribution in [0.1, 0.15) is 31.1 Å². The number of methoxy groups -OCH3 is 1. The van der Waals surface area contributed by atoms with Crippen LogP contribution in [0.25, 0.3) is 0 Å². The number of nitrogens with one attached hydrogen (secondary N) is 1. The molecule has 0 atom stereocenters. The van der Waals surface area contributed by atoms with Gasteiger partial charge in [-0.15, -0.1) is 0 Å². The molecule has 28 heavy (non-hydrogen) atoms. The number of nitrogens with zero attached hydrogens (tertiary/aromatic N) is 1. The zero-order chi connectivity index (χ0) is 21.1. The Morgan fingerprint density at radius 2 is 1.71 bits per heavy atom. The minimum Gasteiger partial charge on any atom is -0.496 e. The molecule has 1 N–H and O–H groups in total. The molecule has 0 unspecified atom stereocenters. The molecule has 2 aromatic rings. The van der Waals surface area contributed by atoms with Gasteiger partial charge in [-0.25, -0.2) is 17.9 Å². The first kappa shape index (κ1) is 21.3. The van der Waals surface area contributed by atoms with Crippen LogP contribution in [0, 0.1) is 10.1 Å². The van der Waals surface area contributed by atoms with Gasteiger partial charge in [-0.1, -0.05) is 0 Å². The Morgan fingerprint density at radius 1 is 1.11 bits per heavy atom. The van der Waals surface area contributed by atoms with E-state index in [9.17, 15) is 23.3 Å². The van der Waals surface area contributed by atoms with E-state index in [1.54, 1.807) is 20.8 Å². The summed E-state index contributed by atoms with van der Waals surface area (Å²) in [6, 6.07) is 8.87. The molecule has 0 heterocycles. The number of hydrogen-bond donors (Lipinski definition) is 1. The fourth-order valence-electron chi connectivity index (χ4n) is 2.24. The predicted molar refractivity (Wildman–Crippen MR) is 101 cm³/mol. The fourth-order valence-corrected chi connectivity index (χ4v) is 3.66. The summed E-state index contributed by atoms with van der Waals surface area (Å²) in [7, 11) is -2.39. The van der Waals surface area contributed by atoms with Crippen LogP contribution in [-0.2, 0) is 10.0 Å². The van der Waals surface area contributed by atoms with Gasteiger partial charge >= 0.3 is 11.7 Å². The topological polar surface area (TPSA) is 125 Å². The van der Waals surface area contributed by atoms with E-state index in [2.05, 4.69) is 4.72 Å². The number of ether oxygens (including phenoxy) is 2. The number of carbonyl (C=O) groups excluding carboxylic acids is 1. The van der Waals surface area contributed by atoms with Crippen molar-refractivity contribution in [3.05, 3.63) is 58.1 Å². The largest absolute Gasteiger partial charge is 0.496 e. The summed E-state index contributed by atoms with van der Waals surface area (Å²) in [5.74, 6) is -0.865. The molecule has 10 heteroatoms. The zero-order valence-corrected chi connectivity index (χ0v) is 16.6. The Morgan fingerprint density at radius 3 is 2.21 bits per heavy atom. The van der Waals surface area contributed by atoms with Crippen molar-refractivity contribution in [2.45, 2.75) is 31.2 Å². The second kappa shape index (κ2) is 7.95. The SMILES string of the molecule is COc1ccc(OC(=O)c2ccc(S(=O)(=O)NC(C)(C)C)cc2)c([N+](=O)[O-])c1. The molecule has 0 saturated carbocycles. The average Bonchev–Trinajstić information content (AvgIpc) is 2.60. The van der Waals surface area contributed by atoms with Crippen molar-refractivity contribution >= 4 is 21.7 Å². The summed E-state index contributed by atoms with van der Waals surface area (Å²) >= 11 is 0. The maximum absolute atomic E-state index is 12.3. The van der Waals surface area contributed by atoms with E-state index in [0.717, 1.165) is 6.07 Å². The van der Waals surface area contributed by atoms with Gasteiger partial charge in [-0.2, -0.15) is 0 Å². The van der Waals surface area contributed by atoms with Crippen molar-refractivity contribution in [1.29, 1.82) is 0 Å². The number of rotatable bonds is 6. The van der Waals surface area contributed by atoms with Gasteiger partial charge in [0.1, 0.15) is 5.75 Å². The van der Waals surface area contributed by atoms with Crippen molar-refractivity contribution in [1.82, 2.24) is 4.72 Å². The number of sulfonamides is 1. The molecule has 2 rings (SSSR count). The third-order valence-electron chi connectivity index (χ3n) is 3.41. The summed E-state index contributed by atoms with van der Waals surface area (Å²) in [6.07, 6.45) is 0. The maximum Gasteiger partial charge on any atom is 0.343 e. The van der Waals surface area contributed by atoms with Gasteiger partial charge < -0.3 is 9.47 Å². The fraction of sp³-hybridized carbons (Fsp3) is 0.278. The summed E-state index contributed by atoms with van der Waals surface area (Å²) in [5.41, 5.74) is -1.05. The van der Waals surface area contributed by atoms with E-state index in [0.29, 0.717) is 0 Å². The van der Waals surface area contributed by atoms with E-state index in [-0.39, 0.29) is 22.0 Å². The number of benzene rings is 2. The van der Waals surface area contributed by atoms with E-state index in [1.807, 2.05) is 0 Å². The highest BCUT2D eigenvalue weighted by atomic mass is 32.2. The van der Waals surface area contributed by atoms with Gasteiger partial charge in [0.05, 0.1) is 28.6 Å². The third-order valence-corrected chi connectivity index (χ3v) is 5.18. The van der Waals surface area contributed by atoms with E-state index < -0.39 is 32.1 Å². The number of carbonyl (C=O) groups is 1. The van der Waals surface area contributed by atoms with E-state index >= 15 is 0 Å². The lowest BCUT2D eigenvalue weighted by molar-refractivity contribution is -0.385. The quantitative estimate of drug-likeness (QED) is 0.337. The van der Waals surface area contributed by atoms with Crippen LogP contribution >= 0.6 is 0 Å². The minimum absolute atomic E-state index is 0.0191. The first-order valence-corrected chi connectivity index (χ1v) is 9.60. The molecule has 0 fully saturated rings. The summed E-state index contributed by atoms with van der Waals surface area (Å²) in [5, 5.41) is 11.2. The molecule has 150 valence electrons. The molecular formula is C18H20N2O7S. The predicted octanol–water partition coefficient (Wildman–Crippen LogP) is 2.90. The van der Waals surface area contributed by atoms with Crippen LogP contribution in [0.4, 0.5) is 5.69 Å². The van der Waals surface area contributed by atoms with Crippen LogP contribution < -0.4 is 14.2 Å². The van der Waals surface area contributed by atoms with Gasteiger partial charge in [0, 0.05) is 5.54 Å². The zero-order valence-electron chi connectivity index (χ0n) is 15.8. The third kappa shape index (κ3) is 5.27. The molecular weight excluding hydrogens is 388 g/mol. The van der Waals surface area contributed by atoms with Gasteiger partial charge in [0.25, 0.3) is 0 Å². The van der Waals surface area contributed by atoms with Crippen molar-refractivity contribution in [3.8, 4) is 11.5 Å². The smallest absolute Gasteiger partial charge is 0.343 e. The molecule has 0 aromatic heterocycles. The first-order valence-electron chi connectivity index (χ1n) is 8.11. The highest BCUT2D eigenvalue weighted by molar-refractivity contribution is 7.89. The van der Waals surface area contributed by atoms with Crippen LogP contribution in [-0.4, -0.2) is 32.0 Å². The Balaban J connectivity index is 2.24. The van der Waals surface area contributed by atoms with Crippen LogP contribution in [0.5, 0.6) is 11.5 Å². The summed E-state index contributed by atoms with van der Waals surface area (Å²) in [4.78, 5) is 22.7. The monoisotopic (exact) mass is 408 g/mol. The molecule has 0 aliphatic carbocycles. The van der Waals surface area contributed by atoms with Gasteiger partial charge in [0.2, 0.25) is 15.8 Å². The first-order chi connectivity index (χ1) is 12.9. The Hall–Kier alpha value is -2.98. The minimum atomic E-state index is -3.75. The van der Waals surface area contributed by atoms with Gasteiger partial charge in [-0.3, -0.25) is 10.1 Å². The number of nitro groups is 1. The van der Waals surface area contributed by atoms with Crippen LogP contribution in [0.2, 0.25) is 0 Å². The lowest BCUT2D eigenvalue weighted by atomic mass is 10.1. The van der Waals surface area contributed by atoms with Crippen molar-refractivity contribution in [2.24, 2.45) is 0 Å². The van der Waals surface area contributed by atoms with Crippen molar-refractivity contribution in [2.75, 3.05) is 7.11 Å². The number of nitro benzene ring substituents is 1. The lowest BCUT2D eigenvalue weighted by Gasteiger charge is -2.20. The molecule has 9 nitrogen and oxygen atoms in total. The normalized spacial score (nSPS) is 11.7. The van der Waals surface area contributed by atoms with Crippen LogP contribution in [0.15, 0.2) is 47.4 Å². The molecule has 0 amide bonds. The highest BCUT2D eigenvalue weighted by Gasteiger charge is 2.23. The number of hydrogen-bond acceptors (Lipinski definition) is 7. The van der Waals surface area contributed by atoms with Gasteiger partial charge in [0.15, 0.2) is 0 Å². The second-order valence-electron chi connectivity index (χ2n) is 6.86. The highest BCUT2D eigenvalue weighted by Crippen LogP contribution is 2.31. The van der Waals surface area contributed by atoms with E-state index in [1.165, 1.54) is 43.5 Å². The number of esters is 1.